The predicted octanol–water partition coefficient (Wildman–Crippen LogP) is 5.94. The Kier molecular flexibility index (Phi) is 3.86. The van der Waals surface area contributed by atoms with Gasteiger partial charge in [-0.1, -0.05) is 36.4 Å². The molecule has 4 heteroatoms. The van der Waals surface area contributed by atoms with Crippen LogP contribution in [0.4, 0.5) is 8.78 Å². The number of aromatic nitrogens is 1. The van der Waals surface area contributed by atoms with Gasteiger partial charge in [-0.3, -0.25) is 0 Å². The summed E-state index contributed by atoms with van der Waals surface area (Å²) in [5.41, 5.74) is 3.78. The second-order valence-corrected chi connectivity index (χ2v) is 5.60. The summed E-state index contributed by atoms with van der Waals surface area (Å²) >= 11 is 0. The Labute approximate surface area is 143 Å². The van der Waals surface area contributed by atoms with E-state index in [0.29, 0.717) is 11.5 Å². The lowest BCUT2D eigenvalue weighted by atomic mass is 10.1. The zero-order chi connectivity index (χ0) is 17.2. The summed E-state index contributed by atoms with van der Waals surface area (Å²) in [6, 6.07) is 19.2. The first-order chi connectivity index (χ1) is 12.2. The second-order valence-electron chi connectivity index (χ2n) is 5.60. The summed E-state index contributed by atoms with van der Waals surface area (Å²) in [5.74, 6) is -0.868. The Morgan fingerprint density at radius 2 is 1.64 bits per heavy atom. The lowest BCUT2D eigenvalue weighted by Gasteiger charge is -1.99. The van der Waals surface area contributed by atoms with Gasteiger partial charge in [-0.25, -0.2) is 13.8 Å². The van der Waals surface area contributed by atoms with Crippen LogP contribution in [0, 0.1) is 11.6 Å². The quantitative estimate of drug-likeness (QED) is 0.463. The van der Waals surface area contributed by atoms with Crippen molar-refractivity contribution >= 4 is 23.3 Å². The van der Waals surface area contributed by atoms with Crippen molar-refractivity contribution < 1.29 is 13.2 Å². The molecule has 1 heterocycles. The van der Waals surface area contributed by atoms with Gasteiger partial charge in [-0.2, -0.15) is 0 Å². The Morgan fingerprint density at radius 3 is 2.44 bits per heavy atom. The van der Waals surface area contributed by atoms with Crippen LogP contribution in [0.2, 0.25) is 0 Å². The van der Waals surface area contributed by atoms with Crippen molar-refractivity contribution in [2.24, 2.45) is 0 Å². The minimum Gasteiger partial charge on any atom is -0.437 e. The van der Waals surface area contributed by atoms with Gasteiger partial charge in [0, 0.05) is 17.7 Å². The molecule has 0 fully saturated rings. The van der Waals surface area contributed by atoms with Gasteiger partial charge in [0.05, 0.1) is 0 Å². The number of halogens is 2. The zero-order valence-corrected chi connectivity index (χ0v) is 13.1. The Hall–Kier alpha value is -3.27. The summed E-state index contributed by atoms with van der Waals surface area (Å²) in [6.07, 6.45) is 3.08. The minimum absolute atomic E-state index is 0.272. The van der Waals surface area contributed by atoms with Crippen LogP contribution >= 0.6 is 0 Å². The van der Waals surface area contributed by atoms with Crippen LogP contribution in [0.1, 0.15) is 11.5 Å². The van der Waals surface area contributed by atoms with E-state index in [2.05, 4.69) is 4.98 Å². The largest absolute Gasteiger partial charge is 0.437 e. The standard InChI is InChI=1S/C21H13F2NO/c22-17-9-6-15(18(23)13-17)8-11-21-24-19-12-16(7-10-20(19)25-21)14-4-2-1-3-5-14/h1-13H/b11-8+. The number of nitrogens with zero attached hydrogens (tertiary/aromatic N) is 1. The van der Waals surface area contributed by atoms with Gasteiger partial charge in [0.1, 0.15) is 17.2 Å². The Bertz CT molecular complexity index is 1070. The summed E-state index contributed by atoms with van der Waals surface area (Å²) in [7, 11) is 0. The smallest absolute Gasteiger partial charge is 0.220 e. The lowest BCUT2D eigenvalue weighted by Crippen LogP contribution is -1.83. The third kappa shape index (κ3) is 3.19. The first-order valence-electron chi connectivity index (χ1n) is 7.78. The van der Waals surface area contributed by atoms with Crippen molar-refractivity contribution in [2.45, 2.75) is 0 Å². The maximum absolute atomic E-state index is 13.7. The molecule has 0 bridgehead atoms. The highest BCUT2D eigenvalue weighted by molar-refractivity contribution is 5.82. The normalized spacial score (nSPS) is 11.4. The molecule has 3 aromatic carbocycles. The van der Waals surface area contributed by atoms with E-state index in [4.69, 9.17) is 4.42 Å². The second kappa shape index (κ2) is 6.32. The highest BCUT2D eigenvalue weighted by Gasteiger charge is 2.06. The zero-order valence-electron chi connectivity index (χ0n) is 13.1. The van der Waals surface area contributed by atoms with Gasteiger partial charge in [-0.15, -0.1) is 0 Å². The van der Waals surface area contributed by atoms with Crippen molar-refractivity contribution in [1.29, 1.82) is 0 Å². The molecule has 4 aromatic rings. The minimum atomic E-state index is -0.626. The van der Waals surface area contributed by atoms with Crippen molar-refractivity contribution in [1.82, 2.24) is 4.98 Å². The van der Waals surface area contributed by atoms with E-state index in [-0.39, 0.29) is 5.56 Å². The van der Waals surface area contributed by atoms with Gasteiger partial charge in [0.2, 0.25) is 5.89 Å². The molecule has 4 rings (SSSR count). The van der Waals surface area contributed by atoms with Gasteiger partial charge in [-0.05, 0) is 41.5 Å². The number of benzene rings is 3. The predicted molar refractivity (Wildman–Crippen MR) is 94.7 cm³/mol. The number of hydrogen-bond donors (Lipinski definition) is 0. The SMILES string of the molecule is Fc1ccc(/C=C/c2nc3cc(-c4ccccc4)ccc3o2)c(F)c1. The van der Waals surface area contributed by atoms with Crippen LogP contribution in [0.15, 0.2) is 71.1 Å². The molecular formula is C21H13F2NO. The molecule has 0 spiro atoms. The van der Waals surface area contributed by atoms with Crippen LogP contribution in [-0.2, 0) is 0 Å². The van der Waals surface area contributed by atoms with E-state index in [1.807, 2.05) is 48.5 Å². The topological polar surface area (TPSA) is 26.0 Å². The summed E-state index contributed by atoms with van der Waals surface area (Å²) in [5, 5.41) is 0. The van der Waals surface area contributed by atoms with Crippen molar-refractivity contribution in [2.75, 3.05) is 0 Å². The van der Waals surface area contributed by atoms with E-state index < -0.39 is 11.6 Å². The Morgan fingerprint density at radius 1 is 0.800 bits per heavy atom. The molecular weight excluding hydrogens is 320 g/mol. The fourth-order valence-electron chi connectivity index (χ4n) is 2.62. The van der Waals surface area contributed by atoms with Crippen molar-refractivity contribution in [3.63, 3.8) is 0 Å². The monoisotopic (exact) mass is 333 g/mol. The van der Waals surface area contributed by atoms with E-state index in [9.17, 15) is 8.78 Å². The summed E-state index contributed by atoms with van der Waals surface area (Å²) in [6.45, 7) is 0. The summed E-state index contributed by atoms with van der Waals surface area (Å²) in [4.78, 5) is 4.41. The van der Waals surface area contributed by atoms with Gasteiger partial charge < -0.3 is 4.42 Å². The highest BCUT2D eigenvalue weighted by atomic mass is 19.1. The number of fused-ring (bicyclic) bond motifs is 1. The van der Waals surface area contributed by atoms with E-state index in [1.165, 1.54) is 18.2 Å². The molecule has 0 saturated heterocycles. The van der Waals surface area contributed by atoms with Gasteiger partial charge in [0.25, 0.3) is 0 Å². The average Bonchev–Trinajstić information content (AvgIpc) is 3.04. The maximum atomic E-state index is 13.7. The van der Waals surface area contributed by atoms with Gasteiger partial charge in [0.15, 0.2) is 5.58 Å². The number of oxazole rings is 1. The maximum Gasteiger partial charge on any atom is 0.220 e. The lowest BCUT2D eigenvalue weighted by molar-refractivity contribution is 0.581. The molecule has 122 valence electrons. The third-order valence-electron chi connectivity index (χ3n) is 3.88. The molecule has 0 N–H and O–H groups in total. The number of rotatable bonds is 3. The van der Waals surface area contributed by atoms with Crippen LogP contribution in [0.3, 0.4) is 0 Å². The molecule has 0 atom stereocenters. The molecule has 1 aromatic heterocycles. The fourth-order valence-corrected chi connectivity index (χ4v) is 2.62. The molecule has 0 saturated carbocycles. The molecule has 0 unspecified atom stereocenters. The van der Waals surface area contributed by atoms with Crippen LogP contribution in [0.5, 0.6) is 0 Å². The van der Waals surface area contributed by atoms with Crippen LogP contribution < -0.4 is 0 Å². The first kappa shape index (κ1) is 15.3. The highest BCUT2D eigenvalue weighted by Crippen LogP contribution is 2.25. The molecule has 25 heavy (non-hydrogen) atoms. The van der Waals surface area contributed by atoms with Gasteiger partial charge >= 0.3 is 0 Å². The van der Waals surface area contributed by atoms with Crippen LogP contribution in [0.25, 0.3) is 34.4 Å². The van der Waals surface area contributed by atoms with E-state index >= 15 is 0 Å². The molecule has 2 nitrogen and oxygen atoms in total. The van der Waals surface area contributed by atoms with Crippen molar-refractivity contribution in [3.8, 4) is 11.1 Å². The van der Waals surface area contributed by atoms with Crippen LogP contribution in [-0.4, -0.2) is 4.98 Å². The van der Waals surface area contributed by atoms with E-state index in [1.54, 1.807) is 6.08 Å². The molecule has 0 aliphatic heterocycles. The molecule has 0 aliphatic carbocycles. The molecule has 0 amide bonds. The average molecular weight is 333 g/mol. The van der Waals surface area contributed by atoms with Crippen molar-refractivity contribution in [3.05, 3.63) is 89.8 Å². The molecule has 0 aliphatic rings. The summed E-state index contributed by atoms with van der Waals surface area (Å²) < 4.78 is 32.2. The fraction of sp³-hybridized carbons (Fsp3) is 0. The number of hydrogen-bond acceptors (Lipinski definition) is 2. The third-order valence-corrected chi connectivity index (χ3v) is 3.88. The Balaban J connectivity index is 1.66. The first-order valence-corrected chi connectivity index (χ1v) is 7.78. The van der Waals surface area contributed by atoms with E-state index in [0.717, 1.165) is 22.7 Å². The molecule has 0 radical (unpaired) electrons.